The van der Waals surface area contributed by atoms with Gasteiger partial charge >= 0.3 is 5.97 Å². The molecule has 1 aliphatic carbocycles. The zero-order chi connectivity index (χ0) is 16.3. The van der Waals surface area contributed by atoms with Gasteiger partial charge in [0.1, 0.15) is 6.54 Å². The molecule has 0 saturated heterocycles. The Hall–Kier alpha value is -1.96. The summed E-state index contributed by atoms with van der Waals surface area (Å²) >= 11 is 1.26. The third-order valence-electron chi connectivity index (χ3n) is 3.25. The Morgan fingerprint density at radius 2 is 2.14 bits per heavy atom. The second-order valence-electron chi connectivity index (χ2n) is 5.61. The Morgan fingerprint density at radius 1 is 1.45 bits per heavy atom. The number of anilines is 1. The number of aliphatic carboxylic acids is 1. The number of carboxylic acid groups (broad SMARTS) is 1. The molecule has 0 atom stereocenters. The van der Waals surface area contributed by atoms with Crippen LogP contribution >= 0.6 is 11.3 Å². The molecule has 1 fully saturated rings. The Bertz CT molecular complexity index is 580. The number of hydrogen-bond donors (Lipinski definition) is 2. The van der Waals surface area contributed by atoms with Crippen molar-refractivity contribution in [2.45, 2.75) is 39.2 Å². The van der Waals surface area contributed by atoms with Crippen LogP contribution in [0.2, 0.25) is 0 Å². The Morgan fingerprint density at radius 3 is 2.68 bits per heavy atom. The maximum Gasteiger partial charge on any atom is 0.323 e. The molecule has 1 saturated carbocycles. The van der Waals surface area contributed by atoms with Gasteiger partial charge in [0.05, 0.1) is 12.1 Å². The number of carbonyl (C=O) groups is 3. The fourth-order valence-corrected chi connectivity index (χ4v) is 2.62. The van der Waals surface area contributed by atoms with Crippen molar-refractivity contribution >= 4 is 34.3 Å². The summed E-state index contributed by atoms with van der Waals surface area (Å²) in [6.45, 7) is 3.30. The molecule has 1 aromatic heterocycles. The van der Waals surface area contributed by atoms with Crippen LogP contribution in [0.1, 0.15) is 32.4 Å². The highest BCUT2D eigenvalue weighted by Crippen LogP contribution is 2.27. The van der Waals surface area contributed by atoms with Gasteiger partial charge in [0.15, 0.2) is 5.13 Å². The maximum absolute atomic E-state index is 12.2. The zero-order valence-corrected chi connectivity index (χ0v) is 13.4. The molecule has 0 aromatic carbocycles. The lowest BCUT2D eigenvalue weighted by Gasteiger charge is -2.19. The van der Waals surface area contributed by atoms with Gasteiger partial charge in [-0.1, -0.05) is 13.8 Å². The first-order valence-corrected chi connectivity index (χ1v) is 8.01. The summed E-state index contributed by atoms with van der Waals surface area (Å²) in [5.41, 5.74) is 0.546. The van der Waals surface area contributed by atoms with E-state index in [1.54, 1.807) is 19.2 Å². The number of nitrogens with one attached hydrogen (secondary N) is 1. The molecule has 2 amide bonds. The number of rotatable bonds is 7. The molecular weight excluding hydrogens is 306 g/mol. The van der Waals surface area contributed by atoms with Crippen LogP contribution < -0.4 is 5.32 Å². The van der Waals surface area contributed by atoms with E-state index in [1.807, 2.05) is 0 Å². The summed E-state index contributed by atoms with van der Waals surface area (Å²) in [5.74, 6) is -1.52. The minimum atomic E-state index is -1.01. The van der Waals surface area contributed by atoms with Gasteiger partial charge in [-0.15, -0.1) is 11.3 Å². The number of hydrogen-bond acceptors (Lipinski definition) is 5. The molecule has 0 bridgehead atoms. The van der Waals surface area contributed by atoms with Gasteiger partial charge in [-0.05, 0) is 12.8 Å². The Labute approximate surface area is 132 Å². The first-order chi connectivity index (χ1) is 10.4. The van der Waals surface area contributed by atoms with Crippen molar-refractivity contribution in [3.63, 3.8) is 0 Å². The van der Waals surface area contributed by atoms with Gasteiger partial charge in [0, 0.05) is 17.3 Å². The monoisotopic (exact) mass is 325 g/mol. The van der Waals surface area contributed by atoms with Crippen molar-refractivity contribution in [3.05, 3.63) is 11.1 Å². The molecule has 1 aliphatic rings. The Kier molecular flexibility index (Phi) is 5.12. The highest BCUT2D eigenvalue weighted by atomic mass is 32.1. The van der Waals surface area contributed by atoms with Gasteiger partial charge in [-0.2, -0.15) is 0 Å². The second kappa shape index (κ2) is 6.87. The van der Waals surface area contributed by atoms with E-state index in [0.717, 1.165) is 12.8 Å². The minimum absolute atomic E-state index is 0.0438. The van der Waals surface area contributed by atoms with E-state index in [4.69, 9.17) is 5.11 Å². The number of thiazole rings is 1. The van der Waals surface area contributed by atoms with Crippen LogP contribution in [0.25, 0.3) is 0 Å². The average Bonchev–Trinajstić information content (AvgIpc) is 3.18. The number of nitrogens with zero attached hydrogens (tertiary/aromatic N) is 2. The number of carboxylic acids is 1. The lowest BCUT2D eigenvalue weighted by Crippen LogP contribution is -2.38. The number of carbonyl (C=O) groups excluding carboxylic acids is 2. The molecule has 0 radical (unpaired) electrons. The van der Waals surface area contributed by atoms with Crippen molar-refractivity contribution in [1.82, 2.24) is 9.88 Å². The van der Waals surface area contributed by atoms with E-state index in [2.05, 4.69) is 10.3 Å². The third-order valence-corrected chi connectivity index (χ3v) is 4.06. The topological polar surface area (TPSA) is 99.6 Å². The van der Waals surface area contributed by atoms with E-state index in [1.165, 1.54) is 16.2 Å². The SMILES string of the molecule is CC(C)C(=O)Nc1nc(CC(=O)N(CC(=O)O)C2CC2)cs1. The molecule has 120 valence electrons. The molecule has 0 spiro atoms. The van der Waals surface area contributed by atoms with E-state index in [-0.39, 0.29) is 36.7 Å². The van der Waals surface area contributed by atoms with Gasteiger partial charge in [0.2, 0.25) is 11.8 Å². The standard InChI is InChI=1S/C14H19N3O4S/c1-8(2)13(21)16-14-15-9(7-22-14)5-11(18)17(6-12(19)20)10-3-4-10/h7-8,10H,3-6H2,1-2H3,(H,19,20)(H,15,16,21). The van der Waals surface area contributed by atoms with E-state index >= 15 is 0 Å². The molecule has 0 unspecified atom stereocenters. The third kappa shape index (κ3) is 4.52. The molecular formula is C14H19N3O4S. The van der Waals surface area contributed by atoms with Crippen molar-refractivity contribution in [2.75, 3.05) is 11.9 Å². The van der Waals surface area contributed by atoms with Crippen molar-refractivity contribution in [2.24, 2.45) is 5.92 Å². The normalized spacial score (nSPS) is 14.0. The van der Waals surface area contributed by atoms with Crippen molar-refractivity contribution in [3.8, 4) is 0 Å². The fourth-order valence-electron chi connectivity index (χ4n) is 1.90. The summed E-state index contributed by atoms with van der Waals surface area (Å²) in [6.07, 6.45) is 1.76. The van der Waals surface area contributed by atoms with Crippen LogP contribution in [-0.2, 0) is 20.8 Å². The lowest BCUT2D eigenvalue weighted by atomic mass is 10.2. The summed E-state index contributed by atoms with van der Waals surface area (Å²) in [6, 6.07) is 0.0438. The smallest absolute Gasteiger partial charge is 0.323 e. The van der Waals surface area contributed by atoms with E-state index < -0.39 is 5.97 Å². The van der Waals surface area contributed by atoms with Crippen LogP contribution in [0, 0.1) is 5.92 Å². The quantitative estimate of drug-likeness (QED) is 0.788. The average molecular weight is 325 g/mol. The largest absolute Gasteiger partial charge is 0.480 e. The first kappa shape index (κ1) is 16.4. The fraction of sp³-hybridized carbons (Fsp3) is 0.571. The van der Waals surface area contributed by atoms with Gasteiger partial charge in [-0.25, -0.2) is 4.98 Å². The molecule has 1 heterocycles. The molecule has 1 aromatic rings. The first-order valence-electron chi connectivity index (χ1n) is 7.13. The number of amides is 2. The van der Waals surface area contributed by atoms with Crippen LogP contribution in [-0.4, -0.2) is 45.4 Å². The summed E-state index contributed by atoms with van der Waals surface area (Å²) < 4.78 is 0. The molecule has 0 aliphatic heterocycles. The molecule has 8 heteroatoms. The molecule has 2 rings (SSSR count). The summed E-state index contributed by atoms with van der Waals surface area (Å²) in [5, 5.41) is 13.7. The van der Waals surface area contributed by atoms with Crippen LogP contribution in [0.5, 0.6) is 0 Å². The summed E-state index contributed by atoms with van der Waals surface area (Å²) in [4.78, 5) is 40.2. The van der Waals surface area contributed by atoms with Crippen LogP contribution in [0.4, 0.5) is 5.13 Å². The molecule has 22 heavy (non-hydrogen) atoms. The van der Waals surface area contributed by atoms with Crippen molar-refractivity contribution < 1.29 is 19.5 Å². The van der Waals surface area contributed by atoms with E-state index in [9.17, 15) is 14.4 Å². The predicted molar refractivity (Wildman–Crippen MR) is 81.7 cm³/mol. The minimum Gasteiger partial charge on any atom is -0.480 e. The van der Waals surface area contributed by atoms with Gasteiger partial charge < -0.3 is 15.3 Å². The maximum atomic E-state index is 12.2. The van der Waals surface area contributed by atoms with E-state index in [0.29, 0.717) is 10.8 Å². The highest BCUT2D eigenvalue weighted by Gasteiger charge is 2.33. The molecule has 2 N–H and O–H groups in total. The predicted octanol–water partition coefficient (Wildman–Crippen LogP) is 1.36. The van der Waals surface area contributed by atoms with Gasteiger partial charge in [-0.3, -0.25) is 14.4 Å². The zero-order valence-electron chi connectivity index (χ0n) is 12.5. The van der Waals surface area contributed by atoms with Crippen LogP contribution in [0.15, 0.2) is 5.38 Å². The lowest BCUT2D eigenvalue weighted by molar-refractivity contribution is -0.144. The van der Waals surface area contributed by atoms with Gasteiger partial charge in [0.25, 0.3) is 0 Å². The molecule has 7 nitrogen and oxygen atoms in total. The van der Waals surface area contributed by atoms with Crippen molar-refractivity contribution in [1.29, 1.82) is 0 Å². The van der Waals surface area contributed by atoms with Crippen LogP contribution in [0.3, 0.4) is 0 Å². The highest BCUT2D eigenvalue weighted by molar-refractivity contribution is 7.13. The second-order valence-corrected chi connectivity index (χ2v) is 6.47. The number of aromatic nitrogens is 1. The Balaban J connectivity index is 1.95. The summed E-state index contributed by atoms with van der Waals surface area (Å²) in [7, 11) is 0.